The Bertz CT molecular complexity index is 1160. The van der Waals surface area contributed by atoms with Crippen molar-refractivity contribution in [3.05, 3.63) is 59.7 Å². The van der Waals surface area contributed by atoms with Crippen LogP contribution in [0.15, 0.2) is 48.6 Å². The average molecular weight is 514 g/mol. The van der Waals surface area contributed by atoms with Gasteiger partial charge in [-0.25, -0.2) is 14.4 Å². The Hall–Kier alpha value is -4.51. The molecule has 0 heterocycles. The molecule has 2 aromatic rings. The van der Waals surface area contributed by atoms with E-state index < -0.39 is 54.5 Å². The van der Waals surface area contributed by atoms with Crippen LogP contribution < -0.4 is 0 Å². The second-order valence-electron chi connectivity index (χ2n) is 8.72. The number of esters is 2. The molecule has 0 aliphatic heterocycles. The molecule has 0 radical (unpaired) electrons. The minimum Gasteiger partial charge on any atom is -0.504 e. The van der Waals surface area contributed by atoms with Gasteiger partial charge in [-0.3, -0.25) is 0 Å². The normalized spacial score (nSPS) is 23.7. The van der Waals surface area contributed by atoms with Crippen LogP contribution in [0.25, 0.3) is 12.2 Å². The van der Waals surface area contributed by atoms with Crippen molar-refractivity contribution in [2.75, 3.05) is 0 Å². The first-order chi connectivity index (χ1) is 17.4. The van der Waals surface area contributed by atoms with Gasteiger partial charge in [0.1, 0.15) is 12.2 Å². The molecule has 196 valence electrons. The Morgan fingerprint density at radius 1 is 0.784 bits per heavy atom. The zero-order valence-corrected chi connectivity index (χ0v) is 19.6. The minimum absolute atomic E-state index is 0.333. The summed E-state index contributed by atoms with van der Waals surface area (Å²) < 4.78 is 10.7. The third-order valence-corrected chi connectivity index (χ3v) is 6.01. The van der Waals surface area contributed by atoms with Crippen molar-refractivity contribution in [3.8, 4) is 23.0 Å². The van der Waals surface area contributed by atoms with E-state index in [1.807, 2.05) is 0 Å². The molecule has 2 atom stereocenters. The molecule has 11 heteroatoms. The molecular formula is C26H26O11. The van der Waals surface area contributed by atoms with Crippen molar-refractivity contribution in [2.45, 2.75) is 37.6 Å². The molecule has 0 saturated heterocycles. The average Bonchev–Trinajstić information content (AvgIpc) is 2.83. The smallest absolute Gasteiger partial charge is 0.335 e. The predicted molar refractivity (Wildman–Crippen MR) is 128 cm³/mol. The van der Waals surface area contributed by atoms with Crippen molar-refractivity contribution < 1.29 is 54.5 Å². The number of aliphatic hydroxyl groups is 1. The van der Waals surface area contributed by atoms with Gasteiger partial charge in [-0.05, 0) is 47.5 Å². The zero-order valence-electron chi connectivity index (χ0n) is 19.6. The number of hydrogen-bond acceptors (Lipinski definition) is 10. The number of rotatable bonds is 7. The number of aliphatic carboxylic acids is 1. The van der Waals surface area contributed by atoms with E-state index in [4.69, 9.17) is 9.47 Å². The van der Waals surface area contributed by atoms with Crippen LogP contribution >= 0.6 is 0 Å². The largest absolute Gasteiger partial charge is 0.504 e. The Morgan fingerprint density at radius 3 is 1.54 bits per heavy atom. The third kappa shape index (κ3) is 6.79. The number of carboxylic acid groups (broad SMARTS) is 1. The number of aromatic hydroxyl groups is 4. The van der Waals surface area contributed by atoms with E-state index in [1.165, 1.54) is 48.6 Å². The van der Waals surface area contributed by atoms with E-state index in [2.05, 4.69) is 0 Å². The monoisotopic (exact) mass is 514 g/mol. The molecule has 3 rings (SSSR count). The van der Waals surface area contributed by atoms with Gasteiger partial charge in [0.15, 0.2) is 28.6 Å². The van der Waals surface area contributed by atoms with Gasteiger partial charge < -0.3 is 40.1 Å². The second kappa shape index (κ2) is 11.0. The second-order valence-corrected chi connectivity index (χ2v) is 8.72. The van der Waals surface area contributed by atoms with Crippen molar-refractivity contribution in [1.82, 2.24) is 0 Å². The zero-order chi connectivity index (χ0) is 27.3. The molecular weight excluding hydrogens is 488 g/mol. The first-order valence-electron chi connectivity index (χ1n) is 11.1. The number of carbonyl (C=O) groups excluding carboxylic acids is 2. The number of ether oxygens (including phenoxy) is 2. The molecule has 1 saturated carbocycles. The molecule has 11 nitrogen and oxygen atoms in total. The summed E-state index contributed by atoms with van der Waals surface area (Å²) >= 11 is 0. The highest BCUT2D eigenvalue weighted by Gasteiger charge is 2.51. The van der Waals surface area contributed by atoms with Gasteiger partial charge in [-0.15, -0.1) is 0 Å². The maximum Gasteiger partial charge on any atom is 0.335 e. The van der Waals surface area contributed by atoms with Gasteiger partial charge in [-0.1, -0.05) is 19.1 Å². The van der Waals surface area contributed by atoms with Crippen LogP contribution in [0.5, 0.6) is 23.0 Å². The minimum atomic E-state index is -2.32. The molecule has 0 amide bonds. The maximum absolute atomic E-state index is 12.4. The number of benzene rings is 2. The van der Waals surface area contributed by atoms with E-state index in [-0.39, 0.29) is 23.0 Å². The first kappa shape index (κ1) is 27.1. The van der Waals surface area contributed by atoms with Gasteiger partial charge >= 0.3 is 17.9 Å². The van der Waals surface area contributed by atoms with E-state index in [9.17, 15) is 45.0 Å². The van der Waals surface area contributed by atoms with Crippen LogP contribution in [0.2, 0.25) is 0 Å². The lowest BCUT2D eigenvalue weighted by Crippen LogP contribution is -2.54. The van der Waals surface area contributed by atoms with E-state index in [0.29, 0.717) is 11.1 Å². The SMILES string of the molecule is CC1[C@H](OC(=O)/C=C/c2ccc(O)c(O)c2)CC(O)(C(=O)O)C[C@H]1OC(=O)/C=C/c1ccc(O)c(O)c1. The van der Waals surface area contributed by atoms with Gasteiger partial charge in [0.2, 0.25) is 0 Å². The Labute approximate surface area is 211 Å². The Kier molecular flexibility index (Phi) is 8.08. The topological polar surface area (TPSA) is 191 Å². The summed E-state index contributed by atoms with van der Waals surface area (Å²) in [6.45, 7) is 1.58. The van der Waals surface area contributed by atoms with Gasteiger partial charge in [0.25, 0.3) is 0 Å². The van der Waals surface area contributed by atoms with Crippen molar-refractivity contribution in [2.24, 2.45) is 5.92 Å². The summed E-state index contributed by atoms with van der Waals surface area (Å²) in [6.07, 6.45) is 1.59. The molecule has 1 aliphatic carbocycles. The lowest BCUT2D eigenvalue weighted by atomic mass is 9.75. The third-order valence-electron chi connectivity index (χ3n) is 6.01. The standard InChI is InChI=1S/C26H26O11/c1-14-21(36-23(31)8-4-15-2-6-17(27)19(29)10-15)12-26(35,25(33)34)13-22(14)37-24(32)9-5-16-3-7-18(28)20(30)11-16/h2-11,14,21-22,27-30,35H,12-13H2,1H3,(H,33,34)/b8-4+,9-5+/t14?,21-,22-,26?/m1/s1. The molecule has 0 spiro atoms. The summed E-state index contributed by atoms with van der Waals surface area (Å²) in [6, 6.07) is 7.77. The number of carboxylic acids is 1. The van der Waals surface area contributed by atoms with Crippen LogP contribution in [0, 0.1) is 5.92 Å². The summed E-state index contributed by atoms with van der Waals surface area (Å²) in [7, 11) is 0. The highest BCUT2D eigenvalue weighted by atomic mass is 16.6. The summed E-state index contributed by atoms with van der Waals surface area (Å²) in [5, 5.41) is 58.0. The summed E-state index contributed by atoms with van der Waals surface area (Å²) in [4.78, 5) is 36.5. The van der Waals surface area contributed by atoms with Crippen LogP contribution in [-0.2, 0) is 23.9 Å². The Morgan fingerprint density at radius 2 is 1.19 bits per heavy atom. The highest BCUT2D eigenvalue weighted by molar-refractivity contribution is 5.88. The molecule has 0 unspecified atom stereocenters. The van der Waals surface area contributed by atoms with Gasteiger partial charge in [0.05, 0.1) is 0 Å². The van der Waals surface area contributed by atoms with Crippen molar-refractivity contribution >= 4 is 30.1 Å². The first-order valence-corrected chi connectivity index (χ1v) is 11.1. The number of hydrogen-bond donors (Lipinski definition) is 6. The lowest BCUT2D eigenvalue weighted by molar-refractivity contribution is -0.191. The molecule has 2 aromatic carbocycles. The van der Waals surface area contributed by atoms with Crippen molar-refractivity contribution in [1.29, 1.82) is 0 Å². The van der Waals surface area contributed by atoms with Crippen LogP contribution in [-0.4, -0.2) is 66.4 Å². The van der Waals surface area contributed by atoms with E-state index >= 15 is 0 Å². The predicted octanol–water partition coefficient (Wildman–Crippen LogP) is 2.30. The van der Waals surface area contributed by atoms with Crippen LogP contribution in [0.1, 0.15) is 30.9 Å². The van der Waals surface area contributed by atoms with E-state index in [1.54, 1.807) is 6.92 Å². The summed E-state index contributed by atoms with van der Waals surface area (Å²) in [5.74, 6) is -5.41. The quantitative estimate of drug-likeness (QED) is 0.180. The molecule has 1 aliphatic rings. The molecule has 1 fully saturated rings. The highest BCUT2D eigenvalue weighted by Crippen LogP contribution is 2.37. The molecule has 0 bridgehead atoms. The van der Waals surface area contributed by atoms with Gasteiger partial charge in [-0.2, -0.15) is 0 Å². The molecule has 6 N–H and O–H groups in total. The van der Waals surface area contributed by atoms with E-state index in [0.717, 1.165) is 12.2 Å². The fraction of sp³-hybridized carbons (Fsp3) is 0.269. The maximum atomic E-state index is 12.4. The molecule has 0 aromatic heterocycles. The fourth-order valence-electron chi connectivity index (χ4n) is 3.83. The van der Waals surface area contributed by atoms with Crippen molar-refractivity contribution in [3.63, 3.8) is 0 Å². The van der Waals surface area contributed by atoms with Crippen LogP contribution in [0.4, 0.5) is 0 Å². The van der Waals surface area contributed by atoms with Gasteiger partial charge in [0, 0.05) is 30.9 Å². The summed E-state index contributed by atoms with van der Waals surface area (Å²) in [5.41, 5.74) is -1.56. The number of phenols is 4. The number of phenolic OH excluding ortho intramolecular Hbond substituents is 4. The number of carbonyl (C=O) groups is 3. The molecule has 37 heavy (non-hydrogen) atoms. The Balaban J connectivity index is 1.71. The van der Waals surface area contributed by atoms with Crippen LogP contribution in [0.3, 0.4) is 0 Å². The lowest BCUT2D eigenvalue weighted by Gasteiger charge is -2.41. The fourth-order valence-corrected chi connectivity index (χ4v) is 3.83.